The molecule has 0 N–H and O–H groups in total. The molecule has 0 bridgehead atoms. The van der Waals surface area contributed by atoms with Crippen LogP contribution in [-0.4, -0.2) is 0 Å². The van der Waals surface area contributed by atoms with Gasteiger partial charge in [0, 0.05) is 0 Å². The molecule has 35 valence electrons. The molecular weight excluding hydrogens is 251 g/mol. The summed E-state index contributed by atoms with van der Waals surface area (Å²) in [7, 11) is 0. The molecule has 3 heteroatoms. The Morgan fingerprint density at radius 2 is 1.33 bits per heavy atom. The molecule has 0 spiro atoms. The Hall–Kier alpha value is 1.54. The molecule has 1 radical (unpaired) electrons. The summed E-state index contributed by atoms with van der Waals surface area (Å²) in [5.74, 6) is 0. The van der Waals surface area contributed by atoms with E-state index < -0.39 is 0 Å². The smallest absolute Gasteiger partial charge is 1.00 e. The van der Waals surface area contributed by atoms with Crippen LogP contribution in [0.3, 0.4) is 0 Å². The van der Waals surface area contributed by atoms with E-state index in [-0.39, 0.29) is 65.7 Å². The van der Waals surface area contributed by atoms with Gasteiger partial charge >= 0.3 is 40.8 Å². The predicted molar refractivity (Wildman–Crippen MR) is 15.6 cm³/mol. The van der Waals surface area contributed by atoms with Crippen molar-refractivity contribution in [3.8, 4) is 0 Å². The molecular formula is C3H5Cl2Nd. The molecule has 0 aliphatic carbocycles. The van der Waals surface area contributed by atoms with Gasteiger partial charge in [0.25, 0.3) is 0 Å². The van der Waals surface area contributed by atoms with Gasteiger partial charge in [0.15, 0.2) is 0 Å². The largest absolute Gasteiger partial charge is 3.00 e. The Bertz CT molecular complexity index is 16.3. The van der Waals surface area contributed by atoms with Crippen molar-refractivity contribution in [1.82, 2.24) is 0 Å². The van der Waals surface area contributed by atoms with E-state index in [0.29, 0.717) is 0 Å². The zero-order valence-electron chi connectivity index (χ0n) is 3.25. The van der Waals surface area contributed by atoms with Crippen LogP contribution in [0.15, 0.2) is 12.7 Å². The molecule has 0 aromatic carbocycles. The third-order valence-corrected chi connectivity index (χ3v) is 0. The van der Waals surface area contributed by atoms with Crippen LogP contribution < -0.4 is 24.8 Å². The van der Waals surface area contributed by atoms with Crippen LogP contribution in [0.2, 0.25) is 0 Å². The van der Waals surface area contributed by atoms with Crippen LogP contribution in [-0.2, 0) is 0 Å². The fraction of sp³-hybridized carbons (Fsp3) is 0. The monoisotopic (exact) mass is 253 g/mol. The quantitative estimate of drug-likeness (QED) is 0.381. The van der Waals surface area contributed by atoms with Crippen molar-refractivity contribution in [2.24, 2.45) is 0 Å². The normalized spacial score (nSPS) is 2.00. The first-order chi connectivity index (χ1) is 1.41. The third-order valence-electron chi connectivity index (χ3n) is 0. The Morgan fingerprint density at radius 1 is 1.33 bits per heavy atom. The van der Waals surface area contributed by atoms with Crippen LogP contribution in [0.25, 0.3) is 0 Å². The summed E-state index contributed by atoms with van der Waals surface area (Å²) in [6.45, 7) is 6.50. The molecule has 0 fully saturated rings. The average molecular weight is 256 g/mol. The van der Waals surface area contributed by atoms with E-state index in [0.717, 1.165) is 0 Å². The molecule has 0 amide bonds. The van der Waals surface area contributed by atoms with Gasteiger partial charge in [0.1, 0.15) is 0 Å². The van der Waals surface area contributed by atoms with E-state index in [1.807, 2.05) is 0 Å². The SMILES string of the molecule is C=C[CH2-].[Cl-].[Cl-].[Nd+3]. The van der Waals surface area contributed by atoms with Crippen molar-refractivity contribution in [3.05, 3.63) is 19.6 Å². The van der Waals surface area contributed by atoms with Crippen LogP contribution >= 0.6 is 0 Å². The van der Waals surface area contributed by atoms with E-state index in [4.69, 9.17) is 0 Å². The van der Waals surface area contributed by atoms with Crippen LogP contribution in [0, 0.1) is 47.8 Å². The van der Waals surface area contributed by atoms with Gasteiger partial charge < -0.3 is 24.8 Å². The minimum Gasteiger partial charge on any atom is -1.00 e. The number of allylic oxidation sites excluding steroid dienone is 1. The molecule has 0 aliphatic rings. The maximum absolute atomic E-state index is 3.25. The van der Waals surface area contributed by atoms with Crippen LogP contribution in [0.5, 0.6) is 0 Å². The summed E-state index contributed by atoms with van der Waals surface area (Å²) in [4.78, 5) is 0. The summed E-state index contributed by atoms with van der Waals surface area (Å²) in [5.41, 5.74) is 0. The van der Waals surface area contributed by atoms with Crippen molar-refractivity contribution in [3.63, 3.8) is 0 Å². The molecule has 0 aliphatic heterocycles. The first-order valence-corrected chi connectivity index (χ1v) is 0.816. The summed E-state index contributed by atoms with van der Waals surface area (Å²) < 4.78 is 0. The second-order valence-corrected chi connectivity index (χ2v) is 0.289. The molecule has 0 saturated carbocycles. The molecule has 0 aromatic heterocycles. The van der Waals surface area contributed by atoms with Gasteiger partial charge in [0.05, 0.1) is 0 Å². The van der Waals surface area contributed by atoms with Gasteiger partial charge in [-0.15, -0.1) is 0 Å². The summed E-state index contributed by atoms with van der Waals surface area (Å²) in [5, 5.41) is 0. The Kier molecular flexibility index (Phi) is 133. The van der Waals surface area contributed by atoms with Gasteiger partial charge in [-0.3, -0.25) is 0 Å². The minimum atomic E-state index is 0. The van der Waals surface area contributed by atoms with Crippen molar-refractivity contribution in [2.45, 2.75) is 0 Å². The molecule has 0 rings (SSSR count). The molecule has 6 heavy (non-hydrogen) atoms. The minimum absolute atomic E-state index is 0. The maximum Gasteiger partial charge on any atom is 3.00 e. The number of halogens is 2. The van der Waals surface area contributed by atoms with E-state index in [1.54, 1.807) is 0 Å². The molecule has 0 heterocycles. The van der Waals surface area contributed by atoms with E-state index in [1.165, 1.54) is 6.08 Å². The van der Waals surface area contributed by atoms with Gasteiger partial charge in [0.2, 0.25) is 0 Å². The molecule has 0 unspecified atom stereocenters. The van der Waals surface area contributed by atoms with Crippen molar-refractivity contribution >= 4 is 0 Å². The second-order valence-electron chi connectivity index (χ2n) is 0.289. The van der Waals surface area contributed by atoms with Gasteiger partial charge in [-0.25, -0.2) is 19.6 Å². The fourth-order valence-corrected chi connectivity index (χ4v) is 0. The van der Waals surface area contributed by atoms with Crippen molar-refractivity contribution in [1.29, 1.82) is 0 Å². The summed E-state index contributed by atoms with van der Waals surface area (Å²) in [6.07, 6.45) is 1.50. The fourth-order valence-electron chi connectivity index (χ4n) is 0. The van der Waals surface area contributed by atoms with E-state index in [9.17, 15) is 0 Å². The number of hydrogen-bond donors (Lipinski definition) is 0. The third kappa shape index (κ3) is 48.1. The predicted octanol–water partition coefficient (Wildman–Crippen LogP) is -4.99. The van der Waals surface area contributed by atoms with Gasteiger partial charge in [-0.2, -0.15) is 0 Å². The average Bonchev–Trinajstić information content (AvgIpc) is 0.918. The van der Waals surface area contributed by atoms with Crippen molar-refractivity contribution < 1.29 is 65.7 Å². The van der Waals surface area contributed by atoms with Gasteiger partial charge in [-0.1, -0.05) is 0 Å². The number of hydrogen-bond acceptors (Lipinski definition) is 0. The topological polar surface area (TPSA) is 0 Å². The summed E-state index contributed by atoms with van der Waals surface area (Å²) >= 11 is 0. The maximum atomic E-state index is 3.25. The zero-order chi connectivity index (χ0) is 2.71. The van der Waals surface area contributed by atoms with E-state index >= 15 is 0 Å². The first-order valence-electron chi connectivity index (χ1n) is 0.816. The standard InChI is InChI=1S/C3H5.2ClH.Nd/c1-3-2;;;/h3H,1-2H2;2*1H;/q-1;;;+3/p-2. The Balaban J connectivity index is -0.00000000667. The molecule has 0 nitrogen and oxygen atoms in total. The Labute approximate surface area is 84.1 Å². The Morgan fingerprint density at radius 3 is 1.33 bits per heavy atom. The first kappa shape index (κ1) is 25.7. The number of rotatable bonds is 0. The van der Waals surface area contributed by atoms with Crippen LogP contribution in [0.1, 0.15) is 0 Å². The van der Waals surface area contributed by atoms with E-state index in [2.05, 4.69) is 13.5 Å². The van der Waals surface area contributed by atoms with Crippen molar-refractivity contribution in [2.75, 3.05) is 0 Å². The van der Waals surface area contributed by atoms with Gasteiger partial charge in [-0.05, 0) is 0 Å². The molecule has 0 saturated heterocycles. The van der Waals surface area contributed by atoms with Crippen LogP contribution in [0.4, 0.5) is 0 Å². The molecule has 0 aromatic rings. The molecule has 0 atom stereocenters. The zero-order valence-corrected chi connectivity index (χ0v) is 7.97. The summed E-state index contributed by atoms with van der Waals surface area (Å²) in [6, 6.07) is 0. The second kappa shape index (κ2) is 31.1.